The van der Waals surface area contributed by atoms with E-state index in [4.69, 9.17) is 24.5 Å². The molecule has 372 valence electrons. The quantitative estimate of drug-likeness (QED) is 0.00693. The lowest BCUT2D eigenvalue weighted by atomic mass is 10.1. The normalized spacial score (nSPS) is 12.9. The predicted molar refractivity (Wildman–Crippen MR) is 232 cm³/mol. The number of azo groups is 3. The van der Waals surface area contributed by atoms with Gasteiger partial charge in [-0.05, 0) is 66.0 Å². The molecule has 0 saturated heterocycles. The van der Waals surface area contributed by atoms with Crippen molar-refractivity contribution in [1.29, 1.82) is 0 Å². The summed E-state index contributed by atoms with van der Waals surface area (Å²) in [6.07, 6.45) is 0. The first kappa shape index (κ1) is 54.8. The van der Waals surface area contributed by atoms with Crippen LogP contribution in [0.2, 0.25) is 0 Å². The fourth-order valence-electron chi connectivity index (χ4n) is 5.29. The van der Waals surface area contributed by atoms with Gasteiger partial charge >= 0.3 is 10.4 Å². The van der Waals surface area contributed by atoms with E-state index < -0.39 is 109 Å². The summed E-state index contributed by atoms with van der Waals surface area (Å²) in [6, 6.07) is 13.4. The number of fused-ring (bicyclic) bond motifs is 1. The second-order valence-electron chi connectivity index (χ2n) is 12.5. The first-order valence-electron chi connectivity index (χ1n) is 17.6. The Bertz CT molecular complexity index is 3220. The van der Waals surface area contributed by atoms with Crippen molar-refractivity contribution in [3.05, 3.63) is 72.8 Å². The van der Waals surface area contributed by atoms with Crippen LogP contribution >= 0.6 is 36.4 Å². The minimum atomic E-state index is -4.99. The van der Waals surface area contributed by atoms with E-state index in [2.05, 4.69) is 63.0 Å². The average molecular weight is 1110 g/mol. The molecule has 0 spiro atoms. The Morgan fingerprint density at radius 2 is 1.06 bits per heavy atom. The zero-order chi connectivity index (χ0) is 50.6. The van der Waals surface area contributed by atoms with Crippen molar-refractivity contribution in [1.82, 2.24) is 0 Å². The minimum Gasteiger partial charge on any atom is -0.504 e. The topological polar surface area (TPSA) is 446 Å². The molecule has 37 heteroatoms. The van der Waals surface area contributed by atoms with E-state index in [0.717, 1.165) is 54.6 Å². The lowest BCUT2D eigenvalue weighted by Crippen LogP contribution is -2.15. The molecular weight excluding hydrogens is 1080 g/mol. The second kappa shape index (κ2) is 24.1. The molecule has 0 unspecified atom stereocenters. The zero-order valence-corrected chi connectivity index (χ0v) is 39.1. The first-order valence-corrected chi connectivity index (χ1v) is 25.8. The predicted octanol–water partition coefficient (Wildman–Crippen LogP) is 7.67. The Kier molecular flexibility index (Phi) is 19.2. The number of nitrogens with zero attached hydrogens (tertiary/aromatic N) is 6. The second-order valence-corrected chi connectivity index (χ2v) is 21.1. The van der Waals surface area contributed by atoms with Crippen molar-refractivity contribution in [2.75, 3.05) is 24.7 Å². The number of phenols is 3. The van der Waals surface area contributed by atoms with Gasteiger partial charge in [-0.15, -0.1) is 33.5 Å². The highest BCUT2D eigenvalue weighted by Crippen LogP contribution is 2.57. The van der Waals surface area contributed by atoms with Crippen LogP contribution in [0.5, 0.6) is 17.2 Å². The molecule has 0 aromatic heterocycles. The van der Waals surface area contributed by atoms with Gasteiger partial charge in [-0.25, -0.2) is 36.8 Å². The highest BCUT2D eigenvalue weighted by Gasteiger charge is 2.26. The Morgan fingerprint density at radius 1 is 0.522 bits per heavy atom. The van der Waals surface area contributed by atoms with Gasteiger partial charge < -0.3 is 15.3 Å². The molecule has 0 fully saturated rings. The maximum atomic E-state index is 12.9. The van der Waals surface area contributed by atoms with Crippen molar-refractivity contribution in [3.63, 3.8) is 0 Å². The summed E-state index contributed by atoms with van der Waals surface area (Å²) in [7, 11) is -18.2. The summed E-state index contributed by atoms with van der Waals surface area (Å²) >= 11 is 0.664. The molecule has 5 aromatic rings. The van der Waals surface area contributed by atoms with Crippen LogP contribution < -0.4 is 0 Å². The molecule has 5 rings (SSSR count). The van der Waals surface area contributed by atoms with Crippen molar-refractivity contribution in [2.24, 2.45) is 30.7 Å². The molecule has 0 atom stereocenters. The summed E-state index contributed by atoms with van der Waals surface area (Å²) in [5.74, 6) is -5.01. The minimum absolute atomic E-state index is 0.00698. The van der Waals surface area contributed by atoms with Crippen LogP contribution in [0.1, 0.15) is 0 Å². The Balaban J connectivity index is 1.63. The van der Waals surface area contributed by atoms with Crippen LogP contribution in [0.15, 0.2) is 128 Å². The molecule has 8 N–H and O–H groups in total. The van der Waals surface area contributed by atoms with Gasteiger partial charge in [-0.3, -0.25) is 13.3 Å². The van der Waals surface area contributed by atoms with E-state index in [9.17, 15) is 53.5 Å². The highest BCUT2D eigenvalue weighted by atomic mass is 32.3. The van der Waals surface area contributed by atoms with E-state index in [1.165, 1.54) is 18.2 Å². The van der Waals surface area contributed by atoms with E-state index in [1.54, 1.807) is 0 Å². The van der Waals surface area contributed by atoms with Gasteiger partial charge in [0.2, 0.25) is 0 Å². The molecule has 0 radical (unpaired) electrons. The summed E-state index contributed by atoms with van der Waals surface area (Å²) < 4.78 is 138. The van der Waals surface area contributed by atoms with Crippen molar-refractivity contribution in [3.8, 4) is 17.2 Å². The van der Waals surface area contributed by atoms with Gasteiger partial charge in [0.25, 0.3) is 10.1 Å². The molecule has 0 bridgehead atoms. The van der Waals surface area contributed by atoms with E-state index in [-0.39, 0.29) is 66.9 Å². The van der Waals surface area contributed by atoms with Crippen LogP contribution in [0, 0.1) is 0 Å². The fraction of sp³-hybridized carbons (Fsp3) is 0.125. The van der Waals surface area contributed by atoms with Gasteiger partial charge in [0, 0.05) is 10.3 Å². The largest absolute Gasteiger partial charge is 0.504 e. The molecule has 0 amide bonds. The summed E-state index contributed by atoms with van der Waals surface area (Å²) in [5, 5.41) is 93.5. The standard InChI is InChI=1S/C32H28N6O24S7/c39-30-27(36-33-17-4-6-19(7-5-17)66(45,46)12-10-55-65-62-59-44)31(40)29(38-35-23-9-8-20(16-25(23)64-61-58-43)67(47,48)13-11-56-69(52,53)54)32(41)28(30)37-34-18-14-22-21(24(15-18)63-60-57-42)2-1-3-26(22)68(49,50)51/h1-9,14-16,39-44H,10-13H2,(H,49,50,51)(H,52,53,54)/b36-33+,37-34+,38-35+. The van der Waals surface area contributed by atoms with Crippen LogP contribution in [0.4, 0.5) is 34.1 Å². The third-order valence-electron chi connectivity index (χ3n) is 8.24. The van der Waals surface area contributed by atoms with Crippen LogP contribution in [-0.4, -0.2) is 98.6 Å². The molecule has 0 aliphatic carbocycles. The number of aromatic hydroxyl groups is 3. The number of rotatable bonds is 25. The Morgan fingerprint density at radius 3 is 1.64 bits per heavy atom. The molecule has 0 aliphatic heterocycles. The number of hydrogen-bond donors (Lipinski definition) is 8. The summed E-state index contributed by atoms with van der Waals surface area (Å²) in [5.41, 5.74) is -3.49. The molecule has 69 heavy (non-hydrogen) atoms. The van der Waals surface area contributed by atoms with Gasteiger partial charge in [0.1, 0.15) is 10.6 Å². The number of hydrogen-bond acceptors (Lipinski definition) is 31. The van der Waals surface area contributed by atoms with Crippen molar-refractivity contribution in [2.45, 2.75) is 24.5 Å². The monoisotopic (exact) mass is 1100 g/mol. The van der Waals surface area contributed by atoms with E-state index >= 15 is 0 Å². The SMILES string of the molecule is O=S(=O)(O)OCCS(=O)(=O)c1ccc(/N=N/c2c(O)c(/N=N/c3ccc(S(=O)(=O)CCOSOOO)cc3)c(O)c(/N=N/c3cc(SOOO)c4cccc(S(=O)(=O)O)c4c3)c2O)c(SOOO)c1. The van der Waals surface area contributed by atoms with Gasteiger partial charge in [-0.2, -0.15) is 27.1 Å². The molecule has 30 nitrogen and oxygen atoms in total. The molecule has 0 saturated carbocycles. The number of phenolic OH excluding ortho intramolecular Hbond substituents is 3. The number of benzene rings is 5. The van der Waals surface area contributed by atoms with E-state index in [1.807, 2.05) is 0 Å². The third-order valence-corrected chi connectivity index (χ3v) is 14.6. The third kappa shape index (κ3) is 14.9. The molecule has 0 heterocycles. The van der Waals surface area contributed by atoms with Gasteiger partial charge in [0.05, 0.1) is 74.9 Å². The maximum Gasteiger partial charge on any atom is 0.397 e. The lowest BCUT2D eigenvalue weighted by molar-refractivity contribution is -0.434. The van der Waals surface area contributed by atoms with Crippen molar-refractivity contribution < 1.29 is 110 Å². The van der Waals surface area contributed by atoms with Gasteiger partial charge in [-0.1, -0.05) is 27.2 Å². The lowest BCUT2D eigenvalue weighted by Gasteiger charge is -2.11. The van der Waals surface area contributed by atoms with Crippen molar-refractivity contribution >= 4 is 121 Å². The van der Waals surface area contributed by atoms with Crippen LogP contribution in [0.25, 0.3) is 10.8 Å². The first-order chi connectivity index (χ1) is 32.6. The van der Waals surface area contributed by atoms with Crippen LogP contribution in [-0.2, 0) is 76.7 Å². The highest BCUT2D eigenvalue weighted by molar-refractivity contribution is 7.95. The summed E-state index contributed by atoms with van der Waals surface area (Å²) in [4.78, 5) is -1.65. The van der Waals surface area contributed by atoms with E-state index in [0.29, 0.717) is 12.0 Å². The maximum absolute atomic E-state index is 12.9. The number of sulfone groups is 2. The Labute approximate surface area is 399 Å². The smallest absolute Gasteiger partial charge is 0.397 e. The Hall–Kier alpha value is -5.11. The summed E-state index contributed by atoms with van der Waals surface area (Å²) in [6.45, 7) is -1.39. The average Bonchev–Trinajstić information content (AvgIpc) is 3.29. The van der Waals surface area contributed by atoms with Gasteiger partial charge in [0.15, 0.2) is 66.3 Å². The zero-order valence-electron chi connectivity index (χ0n) is 33.4. The molecular formula is C32H28N6O24S7. The molecule has 0 aliphatic rings. The van der Waals surface area contributed by atoms with Crippen LogP contribution in [0.3, 0.4) is 0 Å². The molecule has 5 aromatic carbocycles. The fourth-order valence-corrected chi connectivity index (χ4v) is 10.00.